The van der Waals surface area contributed by atoms with Gasteiger partial charge in [-0.1, -0.05) is 18.2 Å². The second kappa shape index (κ2) is 9.42. The molecule has 1 aromatic carbocycles. The van der Waals surface area contributed by atoms with Crippen molar-refractivity contribution in [2.24, 2.45) is 0 Å². The molecule has 0 radical (unpaired) electrons. The molecule has 1 rings (SSSR count). The number of halogens is 2. The van der Waals surface area contributed by atoms with Crippen molar-refractivity contribution in [1.82, 2.24) is 5.32 Å². The summed E-state index contributed by atoms with van der Waals surface area (Å²) in [5.74, 6) is 0.317. The van der Waals surface area contributed by atoms with Crippen LogP contribution >= 0.6 is 34.2 Å². The summed E-state index contributed by atoms with van der Waals surface area (Å²) in [5, 5.41) is 2.66. The van der Waals surface area contributed by atoms with Gasteiger partial charge < -0.3 is 10.1 Å². The van der Waals surface area contributed by atoms with Crippen LogP contribution in [-0.2, 0) is 4.74 Å². The summed E-state index contributed by atoms with van der Waals surface area (Å²) in [6.07, 6.45) is -0.662. The monoisotopic (exact) mass is 397 g/mol. The lowest BCUT2D eigenvalue weighted by Gasteiger charge is -2.21. The van der Waals surface area contributed by atoms with Gasteiger partial charge in [0, 0.05) is 9.11 Å². The number of amides is 1. The van der Waals surface area contributed by atoms with Crippen LogP contribution in [0.15, 0.2) is 30.3 Å². The van der Waals surface area contributed by atoms with Gasteiger partial charge in [-0.05, 0) is 62.4 Å². The van der Waals surface area contributed by atoms with Crippen LogP contribution in [0.1, 0.15) is 27.7 Å². The Morgan fingerprint density at radius 1 is 1.37 bits per heavy atom. The maximum Gasteiger partial charge on any atom is 0.407 e. The number of alkyl carbamates (subject to hydrolysis) is 1. The number of ether oxygens (including phenoxy) is 1. The Bertz CT molecular complexity index is 365. The van der Waals surface area contributed by atoms with Gasteiger partial charge in [0.15, 0.2) is 0 Å². The van der Waals surface area contributed by atoms with Gasteiger partial charge in [-0.2, -0.15) is 0 Å². The molecule has 0 aromatic heterocycles. The van der Waals surface area contributed by atoms with Gasteiger partial charge in [-0.25, -0.2) is 4.79 Å². The standard InChI is InChI=1S/C8H16ClNO2.C6H5I/c1-6(5-9)12-7(11)10-8(2,3)4;7-6-4-2-1-3-5-6/h6H,5H2,1-4H3,(H,10,11);1-5H/t6-;/m0./s1. The van der Waals surface area contributed by atoms with Crippen molar-refractivity contribution in [3.63, 3.8) is 0 Å². The number of rotatable bonds is 2. The Hall–Kier alpha value is -0.490. The van der Waals surface area contributed by atoms with E-state index in [1.165, 1.54) is 3.57 Å². The SMILES string of the molecule is C[C@@H](CCl)OC(=O)NC(C)(C)C.Ic1ccccc1. The number of hydrogen-bond acceptors (Lipinski definition) is 2. The van der Waals surface area contributed by atoms with Crippen LogP contribution in [0.25, 0.3) is 0 Å². The largest absolute Gasteiger partial charge is 0.445 e. The third-order valence-corrected chi connectivity index (χ3v) is 2.89. The van der Waals surface area contributed by atoms with Crippen LogP contribution < -0.4 is 5.32 Å². The fourth-order valence-corrected chi connectivity index (χ4v) is 1.44. The fourth-order valence-electron chi connectivity index (χ4n) is 0.965. The van der Waals surface area contributed by atoms with E-state index in [0.717, 1.165) is 0 Å². The molecule has 1 amide bonds. The highest BCUT2D eigenvalue weighted by molar-refractivity contribution is 14.1. The summed E-state index contributed by atoms with van der Waals surface area (Å²) < 4.78 is 6.19. The molecule has 0 heterocycles. The van der Waals surface area contributed by atoms with Gasteiger partial charge >= 0.3 is 6.09 Å². The van der Waals surface area contributed by atoms with Crippen LogP contribution in [-0.4, -0.2) is 23.6 Å². The summed E-state index contributed by atoms with van der Waals surface area (Å²) in [7, 11) is 0. The predicted octanol–water partition coefficient (Wildman–Crippen LogP) is 4.43. The normalized spacial score (nSPS) is 11.9. The lowest BCUT2D eigenvalue weighted by Crippen LogP contribution is -2.42. The van der Waals surface area contributed by atoms with Crippen LogP contribution in [0.5, 0.6) is 0 Å². The minimum atomic E-state index is -0.421. The van der Waals surface area contributed by atoms with Gasteiger partial charge in [0.1, 0.15) is 6.10 Å². The van der Waals surface area contributed by atoms with Gasteiger partial charge in [-0.3, -0.25) is 0 Å². The van der Waals surface area contributed by atoms with E-state index in [9.17, 15) is 4.79 Å². The third-order valence-electron chi connectivity index (χ3n) is 1.74. The quantitative estimate of drug-likeness (QED) is 0.592. The van der Waals surface area contributed by atoms with Crippen LogP contribution in [0.3, 0.4) is 0 Å². The van der Waals surface area contributed by atoms with E-state index in [1.54, 1.807) is 6.92 Å². The average Bonchev–Trinajstić information content (AvgIpc) is 2.28. The summed E-state index contributed by atoms with van der Waals surface area (Å²) in [4.78, 5) is 11.0. The predicted molar refractivity (Wildman–Crippen MR) is 88.7 cm³/mol. The molecule has 19 heavy (non-hydrogen) atoms. The molecular formula is C14H21ClINO2. The zero-order chi connectivity index (χ0) is 14.9. The molecular weight excluding hydrogens is 377 g/mol. The molecule has 1 aromatic rings. The number of alkyl halides is 1. The highest BCUT2D eigenvalue weighted by atomic mass is 127. The molecule has 108 valence electrons. The van der Waals surface area contributed by atoms with Crippen LogP contribution in [0.4, 0.5) is 4.79 Å². The summed E-state index contributed by atoms with van der Waals surface area (Å²) in [5.41, 5.74) is -0.261. The molecule has 0 bridgehead atoms. The molecule has 0 aliphatic carbocycles. The fraction of sp³-hybridized carbons (Fsp3) is 0.500. The van der Waals surface area contributed by atoms with Gasteiger partial charge in [0.2, 0.25) is 0 Å². The van der Waals surface area contributed by atoms with E-state index in [0.29, 0.717) is 5.88 Å². The summed E-state index contributed by atoms with van der Waals surface area (Å²) in [6.45, 7) is 7.41. The molecule has 0 aliphatic rings. The number of hydrogen-bond donors (Lipinski definition) is 1. The zero-order valence-electron chi connectivity index (χ0n) is 11.7. The first-order valence-corrected chi connectivity index (χ1v) is 7.61. The maximum atomic E-state index is 11.0. The minimum Gasteiger partial charge on any atom is -0.445 e. The molecule has 0 fully saturated rings. The number of nitrogens with one attached hydrogen (secondary N) is 1. The topological polar surface area (TPSA) is 38.3 Å². The van der Waals surface area contributed by atoms with E-state index in [4.69, 9.17) is 16.3 Å². The molecule has 0 aliphatic heterocycles. The van der Waals surface area contributed by atoms with Crippen LogP contribution in [0, 0.1) is 3.57 Å². The third kappa shape index (κ3) is 12.3. The van der Waals surface area contributed by atoms with Crippen molar-refractivity contribution >= 4 is 40.3 Å². The summed E-state index contributed by atoms with van der Waals surface area (Å²) in [6, 6.07) is 10.2. The highest BCUT2D eigenvalue weighted by Gasteiger charge is 2.16. The molecule has 3 nitrogen and oxygen atoms in total. The molecule has 1 N–H and O–H groups in total. The second-order valence-corrected chi connectivity index (χ2v) is 6.60. The van der Waals surface area contributed by atoms with Crippen molar-refractivity contribution in [1.29, 1.82) is 0 Å². The maximum absolute atomic E-state index is 11.0. The Morgan fingerprint density at radius 3 is 2.21 bits per heavy atom. The van der Waals surface area contributed by atoms with E-state index in [1.807, 2.05) is 39.0 Å². The average molecular weight is 398 g/mol. The number of carbonyl (C=O) groups excluding carboxylic acids is 1. The van der Waals surface area contributed by atoms with Gasteiger partial charge in [0.25, 0.3) is 0 Å². The first-order chi connectivity index (χ1) is 8.74. The number of benzene rings is 1. The minimum absolute atomic E-state index is 0.242. The Kier molecular flexibility index (Phi) is 9.18. The molecule has 0 saturated carbocycles. The van der Waals surface area contributed by atoms with E-state index < -0.39 is 6.09 Å². The molecule has 0 saturated heterocycles. The van der Waals surface area contributed by atoms with Crippen molar-refractivity contribution in [2.45, 2.75) is 39.3 Å². The van der Waals surface area contributed by atoms with E-state index in [-0.39, 0.29) is 11.6 Å². The first kappa shape index (κ1) is 18.5. The van der Waals surface area contributed by atoms with Crippen molar-refractivity contribution in [2.75, 3.05) is 5.88 Å². The number of carbonyl (C=O) groups is 1. The van der Waals surface area contributed by atoms with Crippen LogP contribution in [0.2, 0.25) is 0 Å². The van der Waals surface area contributed by atoms with Gasteiger partial charge in [-0.15, -0.1) is 11.6 Å². The molecule has 5 heteroatoms. The van der Waals surface area contributed by atoms with E-state index >= 15 is 0 Å². The van der Waals surface area contributed by atoms with Crippen molar-refractivity contribution in [3.8, 4) is 0 Å². The lowest BCUT2D eigenvalue weighted by molar-refractivity contribution is 0.110. The molecule has 1 atom stereocenters. The van der Waals surface area contributed by atoms with Crippen molar-refractivity contribution < 1.29 is 9.53 Å². The van der Waals surface area contributed by atoms with E-state index in [2.05, 4.69) is 40.0 Å². The highest BCUT2D eigenvalue weighted by Crippen LogP contribution is 2.01. The Balaban J connectivity index is 0.000000388. The summed E-state index contributed by atoms with van der Waals surface area (Å²) >= 11 is 7.74. The Morgan fingerprint density at radius 2 is 1.89 bits per heavy atom. The zero-order valence-corrected chi connectivity index (χ0v) is 14.7. The second-order valence-electron chi connectivity index (χ2n) is 5.04. The smallest absolute Gasteiger partial charge is 0.407 e. The van der Waals surface area contributed by atoms with Crippen molar-refractivity contribution in [3.05, 3.63) is 33.9 Å². The van der Waals surface area contributed by atoms with Gasteiger partial charge in [0.05, 0.1) is 5.88 Å². The molecule has 0 unspecified atom stereocenters. The Labute approximate surface area is 134 Å². The lowest BCUT2D eigenvalue weighted by atomic mass is 10.1. The molecule has 0 spiro atoms. The first-order valence-electron chi connectivity index (χ1n) is 6.00.